The first kappa shape index (κ1) is 13.5. The Morgan fingerprint density at radius 1 is 1.53 bits per heavy atom. The lowest BCUT2D eigenvalue weighted by Gasteiger charge is -2.09. The number of ether oxygens (including phenoxy) is 1. The summed E-state index contributed by atoms with van der Waals surface area (Å²) in [5.41, 5.74) is 5.56. The van der Waals surface area contributed by atoms with Gasteiger partial charge in [0.2, 0.25) is 5.91 Å². The minimum Gasteiger partial charge on any atom is -0.484 e. The van der Waals surface area contributed by atoms with Gasteiger partial charge in [0, 0.05) is 11.8 Å². The SMILES string of the molecule is CC(Br)C(=O)Nc1cccc(OCC(N)=O)c1. The maximum atomic E-state index is 11.4. The van der Waals surface area contributed by atoms with Crippen LogP contribution in [0.1, 0.15) is 6.92 Å². The number of carbonyl (C=O) groups is 2. The third kappa shape index (κ3) is 4.86. The van der Waals surface area contributed by atoms with Crippen molar-refractivity contribution < 1.29 is 14.3 Å². The van der Waals surface area contributed by atoms with E-state index in [0.29, 0.717) is 11.4 Å². The topological polar surface area (TPSA) is 81.4 Å². The molecule has 0 aliphatic carbocycles. The van der Waals surface area contributed by atoms with E-state index >= 15 is 0 Å². The second kappa shape index (κ2) is 6.24. The van der Waals surface area contributed by atoms with Crippen LogP contribution in [0.15, 0.2) is 24.3 Å². The second-order valence-electron chi connectivity index (χ2n) is 3.39. The molecule has 5 nitrogen and oxygen atoms in total. The molecule has 0 heterocycles. The Hall–Kier alpha value is -1.56. The number of benzene rings is 1. The fourth-order valence-corrected chi connectivity index (χ4v) is 1.17. The largest absolute Gasteiger partial charge is 0.484 e. The molecule has 1 atom stereocenters. The number of carbonyl (C=O) groups excluding carboxylic acids is 2. The van der Waals surface area contributed by atoms with E-state index in [2.05, 4.69) is 21.2 Å². The molecule has 0 saturated carbocycles. The Bertz CT molecular complexity index is 421. The van der Waals surface area contributed by atoms with Crippen molar-refractivity contribution in [1.82, 2.24) is 0 Å². The van der Waals surface area contributed by atoms with E-state index in [9.17, 15) is 9.59 Å². The number of nitrogens with one attached hydrogen (secondary N) is 1. The van der Waals surface area contributed by atoms with Crippen LogP contribution in [-0.4, -0.2) is 23.2 Å². The van der Waals surface area contributed by atoms with Gasteiger partial charge < -0.3 is 15.8 Å². The molecule has 0 aliphatic rings. The molecule has 2 amide bonds. The van der Waals surface area contributed by atoms with Crippen molar-refractivity contribution in [2.45, 2.75) is 11.8 Å². The normalized spacial score (nSPS) is 11.6. The zero-order valence-corrected chi connectivity index (χ0v) is 10.9. The van der Waals surface area contributed by atoms with Crippen LogP contribution < -0.4 is 15.8 Å². The molecule has 0 saturated heterocycles. The van der Waals surface area contributed by atoms with Gasteiger partial charge >= 0.3 is 0 Å². The molecule has 1 rings (SSSR count). The fraction of sp³-hybridized carbons (Fsp3) is 0.273. The molecule has 0 fully saturated rings. The van der Waals surface area contributed by atoms with Crippen LogP contribution in [0.25, 0.3) is 0 Å². The smallest absolute Gasteiger partial charge is 0.255 e. The highest BCUT2D eigenvalue weighted by molar-refractivity contribution is 9.10. The predicted molar refractivity (Wildman–Crippen MR) is 68.2 cm³/mol. The molecule has 92 valence electrons. The minimum atomic E-state index is -0.548. The monoisotopic (exact) mass is 300 g/mol. The van der Waals surface area contributed by atoms with Gasteiger partial charge in [0.05, 0.1) is 4.83 Å². The van der Waals surface area contributed by atoms with Crippen molar-refractivity contribution in [3.63, 3.8) is 0 Å². The van der Waals surface area contributed by atoms with Crippen molar-refractivity contribution >= 4 is 33.4 Å². The van der Waals surface area contributed by atoms with Crippen molar-refractivity contribution in [2.75, 3.05) is 11.9 Å². The van der Waals surface area contributed by atoms with Crippen LogP contribution in [0.4, 0.5) is 5.69 Å². The zero-order chi connectivity index (χ0) is 12.8. The maximum absolute atomic E-state index is 11.4. The Labute approximate surface area is 107 Å². The van der Waals surface area contributed by atoms with Gasteiger partial charge in [0.1, 0.15) is 5.75 Å². The molecule has 1 aromatic rings. The molecule has 0 aliphatic heterocycles. The Morgan fingerprint density at radius 2 is 2.24 bits per heavy atom. The Morgan fingerprint density at radius 3 is 2.82 bits per heavy atom. The van der Waals surface area contributed by atoms with Gasteiger partial charge in [-0.15, -0.1) is 0 Å². The van der Waals surface area contributed by atoms with Gasteiger partial charge in [-0.3, -0.25) is 9.59 Å². The summed E-state index contributed by atoms with van der Waals surface area (Å²) in [4.78, 5) is 21.7. The number of hydrogen-bond donors (Lipinski definition) is 2. The Balaban J connectivity index is 2.65. The second-order valence-corrected chi connectivity index (χ2v) is 4.76. The number of nitrogens with two attached hydrogens (primary N) is 1. The van der Waals surface area contributed by atoms with Crippen molar-refractivity contribution in [1.29, 1.82) is 0 Å². The Kier molecular flexibility index (Phi) is 4.96. The van der Waals surface area contributed by atoms with E-state index in [0.717, 1.165) is 0 Å². The average Bonchev–Trinajstić information content (AvgIpc) is 2.26. The van der Waals surface area contributed by atoms with Gasteiger partial charge in [0.25, 0.3) is 5.91 Å². The molecular formula is C11H13BrN2O3. The number of halogens is 1. The van der Waals surface area contributed by atoms with Crippen molar-refractivity contribution in [3.05, 3.63) is 24.3 Å². The first-order valence-corrected chi connectivity index (χ1v) is 5.86. The highest BCUT2D eigenvalue weighted by Crippen LogP contribution is 2.17. The standard InChI is InChI=1S/C11H13BrN2O3/c1-7(12)11(16)14-8-3-2-4-9(5-8)17-6-10(13)15/h2-5,7H,6H2,1H3,(H2,13,15)(H,14,16). The quantitative estimate of drug-likeness (QED) is 0.804. The van der Waals surface area contributed by atoms with Crippen LogP contribution in [0.5, 0.6) is 5.75 Å². The molecule has 0 aromatic heterocycles. The van der Waals surface area contributed by atoms with Crippen LogP contribution in [0, 0.1) is 0 Å². The van der Waals surface area contributed by atoms with Crippen molar-refractivity contribution in [2.24, 2.45) is 5.73 Å². The highest BCUT2D eigenvalue weighted by Gasteiger charge is 2.09. The average molecular weight is 301 g/mol. The van der Waals surface area contributed by atoms with Crippen LogP contribution in [0.3, 0.4) is 0 Å². The summed E-state index contributed by atoms with van der Waals surface area (Å²) in [6, 6.07) is 6.74. The number of alkyl halides is 1. The molecule has 17 heavy (non-hydrogen) atoms. The summed E-state index contributed by atoms with van der Waals surface area (Å²) in [5.74, 6) is -0.227. The van der Waals surface area contributed by atoms with Crippen LogP contribution in [0.2, 0.25) is 0 Å². The number of primary amides is 1. The minimum absolute atomic E-state index is 0.156. The first-order valence-electron chi connectivity index (χ1n) is 4.95. The fourth-order valence-electron chi connectivity index (χ4n) is 1.06. The summed E-state index contributed by atoms with van der Waals surface area (Å²) in [5, 5.41) is 2.69. The van der Waals surface area contributed by atoms with Crippen LogP contribution in [-0.2, 0) is 9.59 Å². The molecule has 3 N–H and O–H groups in total. The molecule has 1 unspecified atom stereocenters. The number of anilines is 1. The van der Waals surface area contributed by atoms with Gasteiger partial charge in [-0.2, -0.15) is 0 Å². The summed E-state index contributed by atoms with van der Waals surface area (Å²) < 4.78 is 5.11. The maximum Gasteiger partial charge on any atom is 0.255 e. The predicted octanol–water partition coefficient (Wildman–Crippen LogP) is 1.27. The summed E-state index contributed by atoms with van der Waals surface area (Å²) in [6.07, 6.45) is 0. The van der Waals surface area contributed by atoms with E-state index in [-0.39, 0.29) is 17.3 Å². The molecule has 0 bridgehead atoms. The van der Waals surface area contributed by atoms with E-state index in [1.54, 1.807) is 31.2 Å². The summed E-state index contributed by atoms with van der Waals surface area (Å²) in [7, 11) is 0. The lowest BCUT2D eigenvalue weighted by Crippen LogP contribution is -2.21. The molecular weight excluding hydrogens is 288 g/mol. The van der Waals surface area contributed by atoms with Crippen molar-refractivity contribution in [3.8, 4) is 5.75 Å². The first-order chi connectivity index (χ1) is 7.99. The van der Waals surface area contributed by atoms with Crippen LogP contribution >= 0.6 is 15.9 Å². The summed E-state index contributed by atoms with van der Waals surface area (Å²) >= 11 is 3.16. The third-order valence-electron chi connectivity index (χ3n) is 1.84. The molecule has 0 radical (unpaired) electrons. The van der Waals surface area contributed by atoms with Gasteiger partial charge in [-0.25, -0.2) is 0 Å². The lowest BCUT2D eigenvalue weighted by atomic mass is 10.3. The molecule has 6 heteroatoms. The number of amides is 2. The van der Waals surface area contributed by atoms with Gasteiger partial charge in [-0.05, 0) is 19.1 Å². The molecule has 0 spiro atoms. The van der Waals surface area contributed by atoms with Gasteiger partial charge in [0.15, 0.2) is 6.61 Å². The van der Waals surface area contributed by atoms with Gasteiger partial charge in [-0.1, -0.05) is 22.0 Å². The van der Waals surface area contributed by atoms with E-state index < -0.39 is 5.91 Å². The lowest BCUT2D eigenvalue weighted by molar-refractivity contribution is -0.120. The number of rotatable bonds is 5. The summed E-state index contributed by atoms with van der Waals surface area (Å²) in [6.45, 7) is 1.54. The zero-order valence-electron chi connectivity index (χ0n) is 9.27. The van der Waals surface area contributed by atoms with E-state index in [1.807, 2.05) is 0 Å². The number of hydrogen-bond acceptors (Lipinski definition) is 3. The molecule has 1 aromatic carbocycles. The highest BCUT2D eigenvalue weighted by atomic mass is 79.9. The third-order valence-corrected chi connectivity index (χ3v) is 2.26. The van der Waals surface area contributed by atoms with E-state index in [4.69, 9.17) is 10.5 Å². The van der Waals surface area contributed by atoms with E-state index in [1.165, 1.54) is 0 Å².